The Morgan fingerprint density at radius 2 is 2.00 bits per heavy atom. The second-order valence-corrected chi connectivity index (χ2v) is 8.00. The Balaban J connectivity index is 1.58. The number of H-pyrrole nitrogens is 1. The van der Waals surface area contributed by atoms with Gasteiger partial charge in [-0.25, -0.2) is 9.78 Å². The van der Waals surface area contributed by atoms with Gasteiger partial charge in [0.05, 0.1) is 26.3 Å². The molecule has 0 radical (unpaired) electrons. The Morgan fingerprint density at radius 1 is 1.21 bits per heavy atom. The summed E-state index contributed by atoms with van der Waals surface area (Å²) < 4.78 is 12.7. The summed E-state index contributed by atoms with van der Waals surface area (Å²) >= 11 is 0. The van der Waals surface area contributed by atoms with E-state index in [4.69, 9.17) is 20.3 Å². The number of aromatic amines is 1. The SMILES string of the molecule is CCCCOc1nc(N)c2[nH]c(=O)n(Cc3ccc(OCCCCN(C)CC(=O)O)nc3)c2n1. The molecule has 3 aromatic rings. The molecule has 0 aliphatic heterocycles. The molecule has 0 atom stereocenters. The monoisotopic (exact) mass is 473 g/mol. The van der Waals surface area contributed by atoms with Crippen molar-refractivity contribution in [3.8, 4) is 11.9 Å². The van der Waals surface area contributed by atoms with E-state index in [9.17, 15) is 9.59 Å². The van der Waals surface area contributed by atoms with Gasteiger partial charge in [0.15, 0.2) is 11.5 Å². The van der Waals surface area contributed by atoms with Gasteiger partial charge < -0.3 is 25.3 Å². The molecule has 0 unspecified atom stereocenters. The van der Waals surface area contributed by atoms with Crippen molar-refractivity contribution in [3.63, 3.8) is 0 Å². The molecule has 12 nitrogen and oxygen atoms in total. The minimum Gasteiger partial charge on any atom is -0.480 e. The van der Waals surface area contributed by atoms with Crippen LogP contribution in [0.5, 0.6) is 11.9 Å². The normalized spacial score (nSPS) is 11.3. The predicted octanol–water partition coefficient (Wildman–Crippen LogP) is 1.50. The first-order chi connectivity index (χ1) is 16.4. The number of carbonyl (C=O) groups is 1. The zero-order valence-electron chi connectivity index (χ0n) is 19.5. The van der Waals surface area contributed by atoms with E-state index in [2.05, 4.69) is 26.9 Å². The smallest absolute Gasteiger partial charge is 0.328 e. The highest BCUT2D eigenvalue weighted by Gasteiger charge is 2.15. The molecule has 0 aliphatic rings. The minimum absolute atomic E-state index is 0.0230. The van der Waals surface area contributed by atoms with E-state index in [0.717, 1.165) is 31.2 Å². The molecule has 0 saturated carbocycles. The van der Waals surface area contributed by atoms with Gasteiger partial charge in [-0.2, -0.15) is 9.97 Å². The Bertz CT molecular complexity index is 1140. The Kier molecular flexibility index (Phi) is 8.79. The van der Waals surface area contributed by atoms with E-state index in [1.807, 2.05) is 6.07 Å². The summed E-state index contributed by atoms with van der Waals surface area (Å²) in [6, 6.07) is 3.72. The van der Waals surface area contributed by atoms with Gasteiger partial charge in [-0.05, 0) is 38.4 Å². The number of aromatic nitrogens is 5. The van der Waals surface area contributed by atoms with Gasteiger partial charge in [0.1, 0.15) is 5.52 Å². The summed E-state index contributed by atoms with van der Waals surface area (Å²) in [7, 11) is 1.77. The van der Waals surface area contributed by atoms with Crippen molar-refractivity contribution in [1.82, 2.24) is 29.4 Å². The fraction of sp³-hybridized carbons (Fsp3) is 0.500. The van der Waals surface area contributed by atoms with Crippen LogP contribution < -0.4 is 20.9 Å². The van der Waals surface area contributed by atoms with Crippen molar-refractivity contribution >= 4 is 23.0 Å². The van der Waals surface area contributed by atoms with Crippen LogP contribution in [0.25, 0.3) is 11.2 Å². The molecule has 0 saturated heterocycles. The van der Waals surface area contributed by atoms with E-state index in [-0.39, 0.29) is 30.6 Å². The third-order valence-electron chi connectivity index (χ3n) is 5.09. The van der Waals surface area contributed by atoms with Gasteiger partial charge in [0, 0.05) is 12.3 Å². The number of ether oxygens (including phenoxy) is 2. The van der Waals surface area contributed by atoms with Gasteiger partial charge >= 0.3 is 17.7 Å². The summed E-state index contributed by atoms with van der Waals surface area (Å²) in [5.74, 6) is -0.204. The number of nitrogens with one attached hydrogen (secondary N) is 1. The molecule has 0 aromatic carbocycles. The molecule has 3 aromatic heterocycles. The Hall–Kier alpha value is -3.67. The highest BCUT2D eigenvalue weighted by molar-refractivity contribution is 5.81. The predicted molar refractivity (Wildman–Crippen MR) is 126 cm³/mol. The first-order valence-electron chi connectivity index (χ1n) is 11.2. The van der Waals surface area contributed by atoms with Crippen LogP contribution >= 0.6 is 0 Å². The zero-order valence-corrected chi connectivity index (χ0v) is 19.5. The quantitative estimate of drug-likeness (QED) is 0.293. The topological polar surface area (TPSA) is 161 Å². The first kappa shape index (κ1) is 25.0. The molecule has 0 spiro atoms. The lowest BCUT2D eigenvalue weighted by atomic mass is 10.3. The van der Waals surface area contributed by atoms with Crippen LogP contribution in [0.15, 0.2) is 23.1 Å². The van der Waals surface area contributed by atoms with Gasteiger partial charge in [-0.15, -0.1) is 0 Å². The van der Waals surface area contributed by atoms with Gasteiger partial charge in [0.2, 0.25) is 5.88 Å². The van der Waals surface area contributed by atoms with Crippen molar-refractivity contribution in [2.24, 2.45) is 0 Å². The maximum Gasteiger partial charge on any atom is 0.328 e. The average Bonchev–Trinajstić information content (AvgIpc) is 3.10. The molecule has 12 heteroatoms. The number of carboxylic acids is 1. The number of hydrogen-bond acceptors (Lipinski definition) is 9. The summed E-state index contributed by atoms with van der Waals surface area (Å²) in [4.78, 5) is 40.4. The number of unbranched alkanes of at least 4 members (excludes halogenated alkanes) is 2. The number of nitrogen functional groups attached to an aromatic ring is 1. The molecule has 0 bridgehead atoms. The number of carboxylic acid groups (broad SMARTS) is 1. The first-order valence-corrected chi connectivity index (χ1v) is 11.2. The standard InChI is InChI=1S/C22H31N7O5/c1-3-4-10-34-21-26-19(23)18-20(27-21)29(22(32)25-18)13-15-7-8-16(24-12-15)33-11-6-5-9-28(2)14-17(30)31/h7-8,12H,3-6,9-11,13-14H2,1-2H3,(H,25,32)(H,30,31)(H2,23,26,27). The van der Waals surface area contributed by atoms with Gasteiger partial charge in [-0.3, -0.25) is 14.3 Å². The molecule has 0 fully saturated rings. The molecular formula is C22H31N7O5. The molecular weight excluding hydrogens is 442 g/mol. The van der Waals surface area contributed by atoms with E-state index >= 15 is 0 Å². The second kappa shape index (κ2) is 12.0. The number of fused-ring (bicyclic) bond motifs is 1. The largest absolute Gasteiger partial charge is 0.480 e. The number of rotatable bonds is 14. The van der Waals surface area contributed by atoms with Crippen molar-refractivity contribution < 1.29 is 19.4 Å². The van der Waals surface area contributed by atoms with Crippen LogP contribution in [-0.2, 0) is 11.3 Å². The second-order valence-electron chi connectivity index (χ2n) is 8.00. The maximum absolute atomic E-state index is 12.5. The lowest BCUT2D eigenvalue weighted by molar-refractivity contribution is -0.137. The van der Waals surface area contributed by atoms with Crippen molar-refractivity contribution in [2.45, 2.75) is 39.2 Å². The van der Waals surface area contributed by atoms with Crippen LogP contribution in [0.1, 0.15) is 38.2 Å². The Labute approximate surface area is 196 Å². The third kappa shape index (κ3) is 6.91. The number of nitrogens with zero attached hydrogens (tertiary/aromatic N) is 5. The van der Waals surface area contributed by atoms with Crippen LogP contribution in [0.3, 0.4) is 0 Å². The van der Waals surface area contributed by atoms with E-state index in [1.54, 1.807) is 24.2 Å². The minimum atomic E-state index is -0.838. The molecule has 0 amide bonds. The summed E-state index contributed by atoms with van der Waals surface area (Å²) in [6.07, 6.45) is 5.08. The maximum atomic E-state index is 12.5. The lowest BCUT2D eigenvalue weighted by Gasteiger charge is -2.13. The van der Waals surface area contributed by atoms with Crippen molar-refractivity contribution in [3.05, 3.63) is 34.4 Å². The fourth-order valence-electron chi connectivity index (χ4n) is 3.29. The molecule has 34 heavy (non-hydrogen) atoms. The number of pyridine rings is 1. The summed E-state index contributed by atoms with van der Waals surface area (Å²) in [5.41, 5.74) is 7.17. The van der Waals surface area contributed by atoms with Crippen molar-refractivity contribution in [1.29, 1.82) is 0 Å². The average molecular weight is 474 g/mol. The highest BCUT2D eigenvalue weighted by atomic mass is 16.5. The molecule has 3 rings (SSSR count). The van der Waals surface area contributed by atoms with Gasteiger partial charge in [0.25, 0.3) is 0 Å². The number of likely N-dealkylation sites (N-methyl/N-ethyl adjacent to an activating group) is 1. The lowest BCUT2D eigenvalue weighted by Crippen LogP contribution is -2.26. The highest BCUT2D eigenvalue weighted by Crippen LogP contribution is 2.19. The van der Waals surface area contributed by atoms with Crippen LogP contribution in [0.4, 0.5) is 5.82 Å². The summed E-state index contributed by atoms with van der Waals surface area (Å²) in [6.45, 7) is 3.95. The molecule has 3 heterocycles. The van der Waals surface area contributed by atoms with Crippen LogP contribution in [0.2, 0.25) is 0 Å². The molecule has 4 N–H and O–H groups in total. The Morgan fingerprint density at radius 3 is 2.71 bits per heavy atom. The number of nitrogens with two attached hydrogens (primary N) is 1. The fourth-order valence-corrected chi connectivity index (χ4v) is 3.29. The van der Waals surface area contributed by atoms with E-state index in [1.165, 1.54) is 4.57 Å². The zero-order chi connectivity index (χ0) is 24.5. The van der Waals surface area contributed by atoms with Crippen molar-refractivity contribution in [2.75, 3.05) is 39.1 Å². The van der Waals surface area contributed by atoms with Crippen LogP contribution in [0, 0.1) is 0 Å². The summed E-state index contributed by atoms with van der Waals surface area (Å²) in [5, 5.41) is 8.76. The number of hydrogen-bond donors (Lipinski definition) is 3. The molecule has 0 aliphatic carbocycles. The number of imidazole rings is 1. The van der Waals surface area contributed by atoms with Gasteiger partial charge in [-0.1, -0.05) is 19.4 Å². The van der Waals surface area contributed by atoms with E-state index in [0.29, 0.717) is 36.8 Å². The molecule has 184 valence electrons. The third-order valence-corrected chi connectivity index (χ3v) is 5.09. The number of aliphatic carboxylic acids is 1. The van der Waals surface area contributed by atoms with Crippen LogP contribution in [-0.4, -0.2) is 73.8 Å². The van der Waals surface area contributed by atoms with E-state index < -0.39 is 5.97 Å². The number of anilines is 1.